The van der Waals surface area contributed by atoms with Crippen molar-refractivity contribution >= 4 is 24.3 Å². The van der Waals surface area contributed by atoms with Gasteiger partial charge in [0.2, 0.25) is 5.99 Å². The van der Waals surface area contributed by atoms with Crippen molar-refractivity contribution < 1.29 is 0 Å². The first kappa shape index (κ1) is 18.6. The predicted molar refractivity (Wildman–Crippen MR) is 117 cm³/mol. The van der Waals surface area contributed by atoms with Gasteiger partial charge in [-0.05, 0) is 17.7 Å². The Morgan fingerprint density at radius 1 is 0.800 bits per heavy atom. The minimum absolute atomic E-state index is 0.949. The van der Waals surface area contributed by atoms with Crippen LogP contribution in [0.3, 0.4) is 0 Å². The highest BCUT2D eigenvalue weighted by Gasteiger charge is 2.41. The van der Waals surface area contributed by atoms with Crippen LogP contribution in [0.1, 0.15) is 103 Å². The number of rotatable bonds is 6. The average molecular weight is 356 g/mol. The Morgan fingerprint density at radius 2 is 1.28 bits per heavy atom. The van der Waals surface area contributed by atoms with E-state index in [1.807, 2.05) is 4.91 Å². The van der Waals surface area contributed by atoms with E-state index in [9.17, 15) is 0 Å². The molecule has 0 aromatic rings. The smallest absolute Gasteiger partial charge is 0.181 e. The number of unbranched alkanes of at least 4 members (excludes halogenated alkanes) is 1. The molecule has 0 atom stereocenters. The third kappa shape index (κ3) is 4.39. The fourth-order valence-corrected chi connectivity index (χ4v) is 8.51. The van der Waals surface area contributed by atoms with Crippen molar-refractivity contribution in [1.29, 1.82) is 0 Å². The Labute approximate surface area is 161 Å². The Bertz CT molecular complexity index is 419. The Balaban J connectivity index is 1.49. The fraction of sp³-hybridized carbons (Fsp3) is 0.909. The highest BCUT2D eigenvalue weighted by Crippen LogP contribution is 2.53. The number of hydrogen-bond donors (Lipinski definition) is 0. The van der Waals surface area contributed by atoms with Crippen molar-refractivity contribution in [3.63, 3.8) is 0 Å². The minimum atomic E-state index is 0.949. The summed E-state index contributed by atoms with van der Waals surface area (Å²) in [5, 5.41) is 0. The second kappa shape index (κ2) is 8.94. The SMILES string of the molecule is CCCC/C(=C\B1C2CCCC1CCC2)SB1C2CCCC1CCC2. The van der Waals surface area contributed by atoms with E-state index in [1.165, 1.54) is 96.3 Å². The van der Waals surface area contributed by atoms with Gasteiger partial charge in [0.05, 0.1) is 0 Å². The molecule has 0 unspecified atom stereocenters. The Kier molecular flexibility index (Phi) is 6.64. The summed E-state index contributed by atoms with van der Waals surface area (Å²) in [6, 6.07) is 0. The van der Waals surface area contributed by atoms with Crippen LogP contribution in [0.2, 0.25) is 23.3 Å². The second-order valence-electron chi connectivity index (χ2n) is 9.66. The second-order valence-corrected chi connectivity index (χ2v) is 11.0. The maximum absolute atomic E-state index is 2.86. The van der Waals surface area contributed by atoms with Crippen LogP contribution >= 0.6 is 11.6 Å². The van der Waals surface area contributed by atoms with Gasteiger partial charge in [0.25, 0.3) is 0 Å². The summed E-state index contributed by atoms with van der Waals surface area (Å²) in [5.74, 6) is 8.01. The molecule has 4 fully saturated rings. The molecule has 25 heavy (non-hydrogen) atoms. The lowest BCUT2D eigenvalue weighted by Crippen LogP contribution is -2.34. The molecule has 4 aliphatic rings. The van der Waals surface area contributed by atoms with E-state index in [0.717, 1.165) is 36.0 Å². The molecule has 4 bridgehead atoms. The van der Waals surface area contributed by atoms with Gasteiger partial charge in [0, 0.05) is 0 Å². The van der Waals surface area contributed by atoms with E-state index in [0.29, 0.717) is 0 Å². The molecule has 138 valence electrons. The summed E-state index contributed by atoms with van der Waals surface area (Å²) in [6.45, 7) is 3.32. The van der Waals surface area contributed by atoms with Gasteiger partial charge in [-0.15, -0.1) is 5.98 Å². The van der Waals surface area contributed by atoms with Crippen molar-refractivity contribution in [1.82, 2.24) is 0 Å². The summed E-state index contributed by atoms with van der Waals surface area (Å²) in [6.07, 6.45) is 22.4. The van der Waals surface area contributed by atoms with E-state index < -0.39 is 0 Å². The zero-order valence-electron chi connectivity index (χ0n) is 16.6. The summed E-state index contributed by atoms with van der Waals surface area (Å²) in [7, 11) is 0. The van der Waals surface area contributed by atoms with Crippen LogP contribution in [0.5, 0.6) is 0 Å². The molecular formula is C22H38B2S. The van der Waals surface area contributed by atoms with Crippen molar-refractivity contribution in [3.8, 4) is 0 Å². The molecule has 0 aromatic heterocycles. The molecule has 0 saturated carbocycles. The van der Waals surface area contributed by atoms with Gasteiger partial charge in [0.15, 0.2) is 6.71 Å². The van der Waals surface area contributed by atoms with Crippen molar-refractivity contribution in [2.24, 2.45) is 0 Å². The normalized spacial score (nSPS) is 35.8. The quantitative estimate of drug-likeness (QED) is 0.434. The third-order valence-electron chi connectivity index (χ3n) is 8.06. The first-order valence-electron chi connectivity index (χ1n) is 11.7. The van der Waals surface area contributed by atoms with Gasteiger partial charge in [0.1, 0.15) is 0 Å². The molecule has 0 spiro atoms. The van der Waals surface area contributed by atoms with Gasteiger partial charge in [-0.3, -0.25) is 0 Å². The maximum Gasteiger partial charge on any atom is 0.221 e. The van der Waals surface area contributed by atoms with Crippen molar-refractivity contribution in [2.45, 2.75) is 127 Å². The van der Waals surface area contributed by atoms with Crippen LogP contribution in [0.25, 0.3) is 0 Å². The van der Waals surface area contributed by atoms with Crippen LogP contribution in [0.4, 0.5) is 0 Å². The molecule has 0 nitrogen and oxygen atoms in total. The molecule has 4 saturated heterocycles. The highest BCUT2D eigenvalue weighted by atomic mass is 32.2. The van der Waals surface area contributed by atoms with Crippen LogP contribution in [-0.4, -0.2) is 12.7 Å². The van der Waals surface area contributed by atoms with Gasteiger partial charge < -0.3 is 0 Å². The van der Waals surface area contributed by atoms with E-state index >= 15 is 0 Å². The predicted octanol–water partition coefficient (Wildman–Crippen LogP) is 8.04. The molecule has 0 aromatic carbocycles. The van der Waals surface area contributed by atoms with Crippen LogP contribution < -0.4 is 0 Å². The zero-order valence-corrected chi connectivity index (χ0v) is 17.4. The molecule has 0 N–H and O–H groups in total. The van der Waals surface area contributed by atoms with E-state index in [4.69, 9.17) is 0 Å². The molecule has 4 aliphatic heterocycles. The maximum atomic E-state index is 2.86. The van der Waals surface area contributed by atoms with Crippen LogP contribution in [0.15, 0.2) is 10.9 Å². The van der Waals surface area contributed by atoms with E-state index in [-0.39, 0.29) is 0 Å². The lowest BCUT2D eigenvalue weighted by atomic mass is 9.27. The fourth-order valence-electron chi connectivity index (χ4n) is 6.73. The molecule has 4 rings (SSSR count). The first-order valence-corrected chi connectivity index (χ1v) is 12.6. The number of fused-ring (bicyclic) bond motifs is 4. The highest BCUT2D eigenvalue weighted by molar-refractivity contribution is 8.28. The van der Waals surface area contributed by atoms with Crippen LogP contribution in [-0.2, 0) is 0 Å². The first-order chi connectivity index (χ1) is 12.3. The monoisotopic (exact) mass is 356 g/mol. The van der Waals surface area contributed by atoms with Crippen molar-refractivity contribution in [3.05, 3.63) is 10.9 Å². The summed E-state index contributed by atoms with van der Waals surface area (Å²) in [4.78, 5) is 1.83. The Morgan fingerprint density at radius 3 is 1.76 bits per heavy atom. The topological polar surface area (TPSA) is 0 Å². The lowest BCUT2D eigenvalue weighted by molar-refractivity contribution is 0.447. The third-order valence-corrected chi connectivity index (χ3v) is 9.74. The summed E-state index contributed by atoms with van der Waals surface area (Å²) in [5.41, 5.74) is 0. The van der Waals surface area contributed by atoms with E-state index in [2.05, 4.69) is 24.5 Å². The van der Waals surface area contributed by atoms with Gasteiger partial charge >= 0.3 is 0 Å². The average Bonchev–Trinajstić information content (AvgIpc) is 2.59. The van der Waals surface area contributed by atoms with E-state index in [1.54, 1.807) is 0 Å². The molecule has 0 aliphatic carbocycles. The lowest BCUT2D eigenvalue weighted by Gasteiger charge is -2.41. The molecular weight excluding hydrogens is 318 g/mol. The zero-order chi connectivity index (χ0) is 17.1. The molecule has 3 heteroatoms. The van der Waals surface area contributed by atoms with Crippen molar-refractivity contribution in [2.75, 3.05) is 0 Å². The van der Waals surface area contributed by atoms with Gasteiger partial charge in [-0.1, -0.05) is 114 Å². The molecule has 0 amide bonds. The van der Waals surface area contributed by atoms with Gasteiger partial charge in [-0.2, -0.15) is 11.6 Å². The molecule has 0 radical (unpaired) electrons. The molecule has 4 heterocycles. The number of allylic oxidation sites excluding steroid dienone is 1. The standard InChI is InChI=1S/C22H38B2S/c1-2-3-16-22(17-23-18-8-4-9-19(23)11-5-10-18)25-24-20-12-6-13-21(24)15-7-14-20/h17-21H,2-16H2,1H3/b22-17+. The van der Waals surface area contributed by atoms with Gasteiger partial charge in [-0.25, -0.2) is 0 Å². The Hall–Kier alpha value is 0.220. The summed E-state index contributed by atoms with van der Waals surface area (Å²) >= 11 is 2.39. The number of hydrogen-bond acceptors (Lipinski definition) is 1. The summed E-state index contributed by atoms with van der Waals surface area (Å²) < 4.78 is 0. The minimum Gasteiger partial charge on any atom is -0.181 e. The largest absolute Gasteiger partial charge is 0.221 e. The van der Waals surface area contributed by atoms with Crippen LogP contribution in [0, 0.1) is 0 Å².